The number of carbonyl (C=O) groups is 1. The predicted octanol–water partition coefficient (Wildman–Crippen LogP) is 3.87. The van der Waals surface area contributed by atoms with Crippen molar-refractivity contribution in [3.8, 4) is 11.3 Å². The Morgan fingerprint density at radius 3 is 2.92 bits per heavy atom. The highest BCUT2D eigenvalue weighted by atomic mass is 32.1. The van der Waals surface area contributed by atoms with Gasteiger partial charge >= 0.3 is 0 Å². The standard InChI is InChI=1S/C18H14N4OS/c23-16(10-12-4-2-1-3-5-12)22-18-21-15(11-24-18)13-6-8-19-17-14(13)7-9-20-17/h1-9,11H,10H2,(H,19,20)(H,21,22,23). The maximum Gasteiger partial charge on any atom is 0.230 e. The van der Waals surface area contributed by atoms with Crippen LogP contribution < -0.4 is 5.32 Å². The van der Waals surface area contributed by atoms with E-state index < -0.39 is 0 Å². The Kier molecular flexibility index (Phi) is 3.80. The van der Waals surface area contributed by atoms with Crippen molar-refractivity contribution in [3.05, 3.63) is 65.8 Å². The van der Waals surface area contributed by atoms with E-state index in [0.29, 0.717) is 11.6 Å². The van der Waals surface area contributed by atoms with E-state index in [1.807, 2.05) is 54.0 Å². The van der Waals surface area contributed by atoms with Crippen molar-refractivity contribution in [1.82, 2.24) is 15.0 Å². The lowest BCUT2D eigenvalue weighted by atomic mass is 10.1. The SMILES string of the molecule is O=C(Cc1ccccc1)Nc1nc(-c2ccnc3[nH]ccc23)cs1. The monoisotopic (exact) mass is 334 g/mol. The van der Waals surface area contributed by atoms with Crippen molar-refractivity contribution in [3.63, 3.8) is 0 Å². The Labute approximate surface area is 142 Å². The van der Waals surface area contributed by atoms with E-state index in [0.717, 1.165) is 27.9 Å². The lowest BCUT2D eigenvalue weighted by molar-refractivity contribution is -0.115. The van der Waals surface area contributed by atoms with Crippen LogP contribution in [0.1, 0.15) is 5.56 Å². The molecular weight excluding hydrogens is 320 g/mol. The number of anilines is 1. The molecule has 0 aliphatic heterocycles. The molecule has 6 heteroatoms. The third-order valence-electron chi connectivity index (χ3n) is 3.69. The summed E-state index contributed by atoms with van der Waals surface area (Å²) in [6.07, 6.45) is 3.95. The van der Waals surface area contributed by atoms with Crippen LogP contribution in [0.5, 0.6) is 0 Å². The van der Waals surface area contributed by atoms with Crippen molar-refractivity contribution in [2.75, 3.05) is 5.32 Å². The molecule has 4 aromatic rings. The topological polar surface area (TPSA) is 70.7 Å². The summed E-state index contributed by atoms with van der Waals surface area (Å²) in [5.74, 6) is -0.0661. The number of pyridine rings is 1. The van der Waals surface area contributed by atoms with Crippen molar-refractivity contribution < 1.29 is 4.79 Å². The van der Waals surface area contributed by atoms with Crippen molar-refractivity contribution in [1.29, 1.82) is 0 Å². The molecule has 0 radical (unpaired) electrons. The third kappa shape index (κ3) is 2.91. The summed E-state index contributed by atoms with van der Waals surface area (Å²) < 4.78 is 0. The number of carbonyl (C=O) groups excluding carboxylic acids is 1. The third-order valence-corrected chi connectivity index (χ3v) is 4.45. The van der Waals surface area contributed by atoms with Crippen LogP contribution in [-0.2, 0) is 11.2 Å². The van der Waals surface area contributed by atoms with E-state index in [1.165, 1.54) is 11.3 Å². The summed E-state index contributed by atoms with van der Waals surface area (Å²) >= 11 is 1.42. The second-order valence-corrected chi connectivity index (χ2v) is 6.21. The van der Waals surface area contributed by atoms with E-state index in [2.05, 4.69) is 20.3 Å². The first-order valence-corrected chi connectivity index (χ1v) is 8.39. The highest BCUT2D eigenvalue weighted by Gasteiger charge is 2.11. The van der Waals surface area contributed by atoms with Crippen LogP contribution in [0, 0.1) is 0 Å². The Morgan fingerprint density at radius 1 is 1.17 bits per heavy atom. The molecular formula is C18H14N4OS. The van der Waals surface area contributed by atoms with Gasteiger partial charge in [-0.15, -0.1) is 11.3 Å². The largest absolute Gasteiger partial charge is 0.346 e. The number of thiazole rings is 1. The number of hydrogen-bond acceptors (Lipinski definition) is 4. The quantitative estimate of drug-likeness (QED) is 0.595. The van der Waals surface area contributed by atoms with Crippen LogP contribution in [0.2, 0.25) is 0 Å². The zero-order valence-electron chi connectivity index (χ0n) is 12.7. The number of aromatic nitrogens is 3. The van der Waals surface area contributed by atoms with Gasteiger partial charge in [-0.3, -0.25) is 4.79 Å². The van der Waals surface area contributed by atoms with Crippen molar-refractivity contribution in [2.24, 2.45) is 0 Å². The van der Waals surface area contributed by atoms with Gasteiger partial charge in [0.15, 0.2) is 5.13 Å². The number of nitrogens with one attached hydrogen (secondary N) is 2. The fraction of sp³-hybridized carbons (Fsp3) is 0.0556. The average Bonchev–Trinajstić information content (AvgIpc) is 3.24. The minimum absolute atomic E-state index is 0.0661. The molecule has 0 saturated heterocycles. The van der Waals surface area contributed by atoms with Gasteiger partial charge in [0, 0.05) is 28.7 Å². The smallest absolute Gasteiger partial charge is 0.230 e. The molecule has 0 saturated carbocycles. The van der Waals surface area contributed by atoms with Gasteiger partial charge in [0.05, 0.1) is 12.1 Å². The minimum atomic E-state index is -0.0661. The van der Waals surface area contributed by atoms with Crippen LogP contribution >= 0.6 is 11.3 Å². The van der Waals surface area contributed by atoms with Crippen LogP contribution in [-0.4, -0.2) is 20.9 Å². The molecule has 3 aromatic heterocycles. The normalized spacial score (nSPS) is 10.8. The second-order valence-electron chi connectivity index (χ2n) is 5.35. The summed E-state index contributed by atoms with van der Waals surface area (Å²) in [5.41, 5.74) is 3.65. The molecule has 0 aliphatic rings. The fourth-order valence-corrected chi connectivity index (χ4v) is 3.31. The Balaban J connectivity index is 1.53. The first-order valence-electron chi connectivity index (χ1n) is 7.51. The first kappa shape index (κ1) is 14.6. The van der Waals surface area contributed by atoms with Crippen LogP contribution in [0.4, 0.5) is 5.13 Å². The lowest BCUT2D eigenvalue weighted by Crippen LogP contribution is -2.14. The van der Waals surface area contributed by atoms with Gasteiger partial charge in [-0.05, 0) is 17.7 Å². The maximum absolute atomic E-state index is 12.1. The van der Waals surface area contributed by atoms with Crippen LogP contribution in [0.15, 0.2) is 60.2 Å². The van der Waals surface area contributed by atoms with Gasteiger partial charge in [-0.2, -0.15) is 0 Å². The molecule has 0 bridgehead atoms. The highest BCUT2D eigenvalue weighted by molar-refractivity contribution is 7.14. The first-order chi connectivity index (χ1) is 11.8. The lowest BCUT2D eigenvalue weighted by Gasteiger charge is -2.02. The summed E-state index contributed by atoms with van der Waals surface area (Å²) in [6, 6.07) is 13.6. The van der Waals surface area contributed by atoms with E-state index in [4.69, 9.17) is 0 Å². The summed E-state index contributed by atoms with van der Waals surface area (Å²) in [7, 11) is 0. The predicted molar refractivity (Wildman–Crippen MR) is 96.0 cm³/mol. The number of aromatic amines is 1. The maximum atomic E-state index is 12.1. The van der Waals surface area contributed by atoms with Gasteiger partial charge in [0.1, 0.15) is 5.65 Å². The fourth-order valence-electron chi connectivity index (χ4n) is 2.58. The van der Waals surface area contributed by atoms with Gasteiger partial charge in [-0.1, -0.05) is 30.3 Å². The molecule has 0 atom stereocenters. The van der Waals surface area contributed by atoms with E-state index in [9.17, 15) is 4.79 Å². The Morgan fingerprint density at radius 2 is 2.04 bits per heavy atom. The van der Waals surface area contributed by atoms with Gasteiger partial charge in [0.25, 0.3) is 0 Å². The number of H-pyrrole nitrogens is 1. The highest BCUT2D eigenvalue weighted by Crippen LogP contribution is 2.29. The van der Waals surface area contributed by atoms with Crippen molar-refractivity contribution in [2.45, 2.75) is 6.42 Å². The molecule has 1 amide bonds. The zero-order chi connectivity index (χ0) is 16.4. The molecule has 1 aromatic carbocycles. The Hall–Kier alpha value is -2.99. The average molecular weight is 334 g/mol. The minimum Gasteiger partial charge on any atom is -0.346 e. The number of rotatable bonds is 4. The molecule has 24 heavy (non-hydrogen) atoms. The number of amides is 1. The number of fused-ring (bicyclic) bond motifs is 1. The van der Waals surface area contributed by atoms with E-state index in [-0.39, 0.29) is 5.91 Å². The molecule has 5 nitrogen and oxygen atoms in total. The molecule has 0 spiro atoms. The molecule has 118 valence electrons. The van der Waals surface area contributed by atoms with Crippen molar-refractivity contribution >= 4 is 33.4 Å². The molecule has 0 unspecified atom stereocenters. The molecule has 4 rings (SSSR count). The second kappa shape index (κ2) is 6.25. The number of hydrogen-bond donors (Lipinski definition) is 2. The molecule has 3 heterocycles. The van der Waals surface area contributed by atoms with Crippen LogP contribution in [0.3, 0.4) is 0 Å². The number of benzene rings is 1. The van der Waals surface area contributed by atoms with E-state index in [1.54, 1.807) is 6.20 Å². The van der Waals surface area contributed by atoms with Gasteiger partial charge in [0.2, 0.25) is 5.91 Å². The zero-order valence-corrected chi connectivity index (χ0v) is 13.5. The summed E-state index contributed by atoms with van der Waals surface area (Å²) in [4.78, 5) is 24.0. The van der Waals surface area contributed by atoms with Gasteiger partial charge in [-0.25, -0.2) is 9.97 Å². The molecule has 0 fully saturated rings. The molecule has 0 aliphatic carbocycles. The molecule has 2 N–H and O–H groups in total. The summed E-state index contributed by atoms with van der Waals surface area (Å²) in [6.45, 7) is 0. The number of nitrogens with zero attached hydrogens (tertiary/aromatic N) is 2. The summed E-state index contributed by atoms with van der Waals surface area (Å²) in [5, 5.41) is 6.43. The Bertz CT molecular complexity index is 990. The van der Waals surface area contributed by atoms with E-state index >= 15 is 0 Å². The van der Waals surface area contributed by atoms with Gasteiger partial charge < -0.3 is 10.3 Å². The van der Waals surface area contributed by atoms with Crippen LogP contribution in [0.25, 0.3) is 22.3 Å².